The Labute approximate surface area is 116 Å². The molecule has 0 saturated carbocycles. The molecule has 0 aliphatic rings. The molecule has 0 aromatic rings. The van der Waals surface area contributed by atoms with Crippen LogP contribution in [0.4, 0.5) is 13.2 Å². The van der Waals surface area contributed by atoms with Gasteiger partial charge in [-0.1, -0.05) is 30.7 Å². The van der Waals surface area contributed by atoms with Crippen molar-refractivity contribution in [3.8, 4) is 11.8 Å². The Hall–Kier alpha value is -1.30. The monoisotopic (exact) mass is 312 g/mol. The van der Waals surface area contributed by atoms with Crippen LogP contribution in [-0.2, 0) is 19.0 Å². The van der Waals surface area contributed by atoms with Crippen molar-refractivity contribution in [2.45, 2.75) is 18.3 Å². The fourth-order valence-corrected chi connectivity index (χ4v) is 1.34. The molecule has 8 heteroatoms. The van der Waals surface area contributed by atoms with Crippen molar-refractivity contribution < 1.29 is 30.5 Å². The first-order valence-corrected chi connectivity index (χ1v) is 6.99. The molecule has 0 unspecified atom stereocenters. The van der Waals surface area contributed by atoms with Gasteiger partial charge in [0.1, 0.15) is 6.61 Å². The lowest BCUT2D eigenvalue weighted by atomic mass is 10.3. The summed E-state index contributed by atoms with van der Waals surface area (Å²) in [5, 5.41) is 0. The van der Waals surface area contributed by atoms with E-state index in [0.29, 0.717) is 6.61 Å². The van der Waals surface area contributed by atoms with Crippen LogP contribution in [0.3, 0.4) is 0 Å². The number of alkyl halides is 3. The highest BCUT2D eigenvalue weighted by atomic mass is 32.2. The molecular weight excluding hydrogens is 297 g/mol. The fraction of sp³-hybridized carbons (Fsp3) is 0.500. The molecule has 0 radical (unpaired) electrons. The third-order valence-corrected chi connectivity index (χ3v) is 2.80. The molecule has 0 aliphatic heterocycles. The molecule has 0 rings (SSSR count). The van der Waals surface area contributed by atoms with Crippen LogP contribution in [0.5, 0.6) is 0 Å². The highest BCUT2D eigenvalue weighted by Crippen LogP contribution is 2.24. The fourth-order valence-electron chi connectivity index (χ4n) is 0.865. The van der Waals surface area contributed by atoms with Crippen molar-refractivity contribution in [1.82, 2.24) is 0 Å². The first-order valence-electron chi connectivity index (χ1n) is 5.58. The molecule has 4 nitrogen and oxygen atoms in total. The number of halogens is 3. The second-order valence-electron chi connectivity index (χ2n) is 3.36. The molecule has 114 valence electrons. The quantitative estimate of drug-likeness (QED) is 0.227. The number of unbranched alkanes of at least 4 members (excludes halogenated alkanes) is 1. The van der Waals surface area contributed by atoms with Gasteiger partial charge in [0.25, 0.3) is 0 Å². The molecule has 0 bridgehead atoms. The van der Waals surface area contributed by atoms with E-state index in [-0.39, 0.29) is 19.4 Å². The van der Waals surface area contributed by atoms with Crippen LogP contribution in [0.15, 0.2) is 24.8 Å². The van der Waals surface area contributed by atoms with Gasteiger partial charge in [-0.25, -0.2) is 0 Å². The van der Waals surface area contributed by atoms with E-state index in [4.69, 9.17) is 4.74 Å². The average Bonchev–Trinajstić information content (AvgIpc) is 2.34. The number of ether oxygens (including phenoxy) is 1. The summed E-state index contributed by atoms with van der Waals surface area (Å²) in [6, 6.07) is 0. The molecule has 0 saturated heterocycles. The van der Waals surface area contributed by atoms with E-state index < -0.39 is 22.2 Å². The second-order valence-corrected chi connectivity index (χ2v) is 4.96. The summed E-state index contributed by atoms with van der Waals surface area (Å²) in [5.41, 5.74) is -5.38. The van der Waals surface area contributed by atoms with Gasteiger partial charge in [0.05, 0.1) is 13.2 Å². The molecule has 0 aromatic carbocycles. The summed E-state index contributed by atoms with van der Waals surface area (Å²) in [6.07, 6.45) is 5.36. The van der Waals surface area contributed by atoms with Gasteiger partial charge in [-0.3, -0.25) is 4.18 Å². The third kappa shape index (κ3) is 8.74. The van der Waals surface area contributed by atoms with Crippen LogP contribution in [0.25, 0.3) is 0 Å². The summed E-state index contributed by atoms with van der Waals surface area (Å²) in [4.78, 5) is 0. The highest BCUT2D eigenvalue weighted by molar-refractivity contribution is 7.87. The van der Waals surface area contributed by atoms with Crippen LogP contribution in [-0.4, -0.2) is 33.7 Å². The van der Waals surface area contributed by atoms with E-state index >= 15 is 0 Å². The van der Waals surface area contributed by atoms with Gasteiger partial charge in [-0.2, -0.15) is 21.6 Å². The van der Waals surface area contributed by atoms with Gasteiger partial charge in [0.2, 0.25) is 0 Å². The lowest BCUT2D eigenvalue weighted by Crippen LogP contribution is -2.25. The first kappa shape index (κ1) is 18.7. The van der Waals surface area contributed by atoms with Crippen molar-refractivity contribution in [1.29, 1.82) is 0 Å². The number of hydrogen-bond donors (Lipinski definition) is 0. The van der Waals surface area contributed by atoms with E-state index in [2.05, 4.69) is 22.6 Å². The largest absolute Gasteiger partial charge is 0.523 e. The number of allylic oxidation sites excluding steroid dienone is 2. The topological polar surface area (TPSA) is 52.6 Å². The Balaban J connectivity index is 3.69. The number of hydrogen-bond acceptors (Lipinski definition) is 4. The lowest BCUT2D eigenvalue weighted by molar-refractivity contribution is -0.0542. The predicted molar refractivity (Wildman–Crippen MR) is 68.1 cm³/mol. The van der Waals surface area contributed by atoms with Gasteiger partial charge < -0.3 is 4.74 Å². The smallest absolute Gasteiger partial charge is 0.365 e. The van der Waals surface area contributed by atoms with E-state index in [1.165, 1.54) is 0 Å². The van der Waals surface area contributed by atoms with Crippen LogP contribution >= 0.6 is 0 Å². The molecule has 0 fully saturated rings. The number of rotatable bonds is 8. The molecule has 0 aliphatic carbocycles. The van der Waals surface area contributed by atoms with Gasteiger partial charge >= 0.3 is 15.6 Å². The molecule has 0 atom stereocenters. The van der Waals surface area contributed by atoms with Crippen molar-refractivity contribution in [3.05, 3.63) is 24.8 Å². The van der Waals surface area contributed by atoms with Crippen molar-refractivity contribution in [2.75, 3.05) is 19.8 Å². The van der Waals surface area contributed by atoms with Crippen molar-refractivity contribution >= 4 is 10.1 Å². The Kier molecular flexibility index (Phi) is 8.96. The Morgan fingerprint density at radius 3 is 2.55 bits per heavy atom. The predicted octanol–water partition coefficient (Wildman–Crippen LogP) is 2.40. The molecule has 0 aromatic heterocycles. The van der Waals surface area contributed by atoms with Crippen LogP contribution in [0, 0.1) is 11.8 Å². The van der Waals surface area contributed by atoms with Crippen molar-refractivity contribution in [3.63, 3.8) is 0 Å². The van der Waals surface area contributed by atoms with E-state index in [1.807, 2.05) is 0 Å². The molecule has 0 N–H and O–H groups in total. The maximum absolute atomic E-state index is 11.9. The molecular formula is C12H15F3O4S. The maximum atomic E-state index is 11.9. The maximum Gasteiger partial charge on any atom is 0.523 e. The third-order valence-electron chi connectivity index (χ3n) is 1.75. The summed E-state index contributed by atoms with van der Waals surface area (Å²) < 4.78 is 65.4. The standard InChI is InChI=1S/C12H15F3O4S/c1-2-3-6-9-18-10-7-4-5-8-11-19-20(16,17)12(13,14)15/h2-3,6H,1,5,8-11H2/b6-3+. The van der Waals surface area contributed by atoms with Crippen LogP contribution in [0.2, 0.25) is 0 Å². The molecule has 20 heavy (non-hydrogen) atoms. The van der Waals surface area contributed by atoms with Gasteiger partial charge in [0.15, 0.2) is 0 Å². The van der Waals surface area contributed by atoms with Crippen LogP contribution < -0.4 is 0 Å². The summed E-state index contributed by atoms with van der Waals surface area (Å²) in [7, 11) is -5.50. The molecule has 0 amide bonds. The molecule has 0 spiro atoms. The molecule has 0 heterocycles. The van der Waals surface area contributed by atoms with Gasteiger partial charge in [0, 0.05) is 6.42 Å². The highest BCUT2D eigenvalue weighted by Gasteiger charge is 2.47. The van der Waals surface area contributed by atoms with Gasteiger partial charge in [-0.15, -0.1) is 5.92 Å². The van der Waals surface area contributed by atoms with E-state index in [0.717, 1.165) is 0 Å². The normalized spacial score (nSPS) is 12.2. The second kappa shape index (κ2) is 9.58. The zero-order chi connectivity index (χ0) is 15.5. The van der Waals surface area contributed by atoms with Gasteiger partial charge in [-0.05, 0) is 6.42 Å². The van der Waals surface area contributed by atoms with Crippen molar-refractivity contribution in [2.24, 2.45) is 0 Å². The summed E-state index contributed by atoms with van der Waals surface area (Å²) in [6.45, 7) is 3.48. The minimum Gasteiger partial charge on any atom is -0.365 e. The Morgan fingerprint density at radius 2 is 1.95 bits per heavy atom. The summed E-state index contributed by atoms with van der Waals surface area (Å²) in [5.74, 6) is 5.26. The first-order chi connectivity index (χ1) is 9.31. The Morgan fingerprint density at radius 1 is 1.25 bits per heavy atom. The van der Waals surface area contributed by atoms with E-state index in [1.54, 1.807) is 18.2 Å². The zero-order valence-corrected chi connectivity index (χ0v) is 11.5. The zero-order valence-electron chi connectivity index (χ0n) is 10.6. The summed E-state index contributed by atoms with van der Waals surface area (Å²) >= 11 is 0. The SMILES string of the molecule is C=C/C=C/COCC#CCCCOS(=O)(=O)C(F)(F)F. The lowest BCUT2D eigenvalue weighted by Gasteiger charge is -2.06. The minimum absolute atomic E-state index is 0.0820. The average molecular weight is 312 g/mol. The van der Waals surface area contributed by atoms with E-state index in [9.17, 15) is 21.6 Å². The minimum atomic E-state index is -5.50. The Bertz CT molecular complexity index is 469. The van der Waals surface area contributed by atoms with Crippen LogP contribution in [0.1, 0.15) is 12.8 Å².